The van der Waals surface area contributed by atoms with E-state index in [0.717, 1.165) is 22.1 Å². The zero-order chi connectivity index (χ0) is 7.97. The molecular weight excluding hydrogens is 152 g/mol. The maximum absolute atomic E-state index is 4.32. The van der Waals surface area contributed by atoms with Crippen LogP contribution in [0, 0.1) is 0 Å². The molecule has 3 rings (SSSR count). The van der Waals surface area contributed by atoms with Crippen molar-refractivity contribution in [1.29, 1.82) is 0 Å². The number of nitrogens with one attached hydrogen (secondary N) is 2. The minimum absolute atomic E-state index is 0.801. The number of pyridine rings is 1. The smallest absolute Gasteiger partial charge is 0.160 e. The van der Waals surface area contributed by atoms with Crippen molar-refractivity contribution in [2.45, 2.75) is 0 Å². The second-order valence-electron chi connectivity index (χ2n) is 2.69. The summed E-state index contributed by atoms with van der Waals surface area (Å²) >= 11 is 0. The zero-order valence-corrected chi connectivity index (χ0v) is 6.20. The zero-order valence-electron chi connectivity index (χ0n) is 6.20. The molecule has 0 aliphatic heterocycles. The van der Waals surface area contributed by atoms with E-state index < -0.39 is 0 Å². The third kappa shape index (κ3) is 0.611. The summed E-state index contributed by atoms with van der Waals surface area (Å²) in [5.41, 5.74) is 2.73. The fourth-order valence-corrected chi connectivity index (χ4v) is 1.34. The molecule has 4 nitrogen and oxygen atoms in total. The van der Waals surface area contributed by atoms with Crippen LogP contribution >= 0.6 is 0 Å². The quantitative estimate of drug-likeness (QED) is 0.520. The lowest BCUT2D eigenvalue weighted by atomic mass is 10.3. The number of nitrogens with zero attached hydrogens (tertiary/aromatic N) is 2. The fourth-order valence-electron chi connectivity index (χ4n) is 1.34. The van der Waals surface area contributed by atoms with Gasteiger partial charge in [-0.1, -0.05) is 0 Å². The van der Waals surface area contributed by atoms with Crippen molar-refractivity contribution in [3.05, 3.63) is 24.5 Å². The Morgan fingerprint density at radius 2 is 2.33 bits per heavy atom. The monoisotopic (exact) mass is 158 g/mol. The van der Waals surface area contributed by atoms with Gasteiger partial charge in [0.05, 0.1) is 5.52 Å². The lowest BCUT2D eigenvalue weighted by Crippen LogP contribution is -1.76. The average Bonchev–Trinajstić information content (AvgIpc) is 2.64. The first-order chi connectivity index (χ1) is 5.93. The molecule has 0 amide bonds. The Morgan fingerprint density at radius 3 is 3.33 bits per heavy atom. The van der Waals surface area contributed by atoms with Crippen molar-refractivity contribution < 1.29 is 0 Å². The minimum atomic E-state index is 0.801. The fraction of sp³-hybridized carbons (Fsp3) is 0. The van der Waals surface area contributed by atoms with E-state index in [0.29, 0.717) is 0 Å². The van der Waals surface area contributed by atoms with Gasteiger partial charge in [0.15, 0.2) is 5.65 Å². The standard InChI is InChI=1S/C8H6N4/c1-2-9-8-5(1)3-6-7(11-8)4-10-12-6/h1-4,10,12H. The normalized spacial score (nSPS) is 11.3. The molecular formula is C8H6N4. The van der Waals surface area contributed by atoms with Gasteiger partial charge in [-0.05, 0) is 12.1 Å². The van der Waals surface area contributed by atoms with Crippen LogP contribution in [0.3, 0.4) is 0 Å². The molecule has 12 heavy (non-hydrogen) atoms. The topological polar surface area (TPSA) is 57.4 Å². The molecule has 3 heterocycles. The highest BCUT2D eigenvalue weighted by atomic mass is 15.1. The molecule has 58 valence electrons. The molecule has 0 radical (unpaired) electrons. The summed E-state index contributed by atoms with van der Waals surface area (Å²) in [6.07, 6.45) is 3.59. The maximum atomic E-state index is 4.32. The molecule has 4 heteroatoms. The van der Waals surface area contributed by atoms with E-state index in [1.165, 1.54) is 0 Å². The predicted molar refractivity (Wildman–Crippen MR) is 45.7 cm³/mol. The molecule has 0 spiro atoms. The Morgan fingerprint density at radius 1 is 1.33 bits per heavy atom. The van der Waals surface area contributed by atoms with E-state index in [1.807, 2.05) is 18.3 Å². The van der Waals surface area contributed by atoms with Crippen LogP contribution in [-0.4, -0.2) is 20.2 Å². The van der Waals surface area contributed by atoms with Gasteiger partial charge in [-0.3, -0.25) is 5.10 Å². The third-order valence-electron chi connectivity index (χ3n) is 1.93. The van der Waals surface area contributed by atoms with Crippen molar-refractivity contribution in [2.24, 2.45) is 0 Å². The van der Waals surface area contributed by atoms with E-state index in [2.05, 4.69) is 20.2 Å². The van der Waals surface area contributed by atoms with Crippen molar-refractivity contribution in [2.75, 3.05) is 0 Å². The molecule has 0 saturated heterocycles. The number of rotatable bonds is 0. The van der Waals surface area contributed by atoms with Gasteiger partial charge in [0, 0.05) is 17.8 Å². The summed E-state index contributed by atoms with van der Waals surface area (Å²) in [6.45, 7) is 0. The van der Waals surface area contributed by atoms with Crippen LogP contribution < -0.4 is 0 Å². The average molecular weight is 158 g/mol. The van der Waals surface area contributed by atoms with Crippen molar-refractivity contribution in [1.82, 2.24) is 20.2 Å². The molecule has 3 aromatic heterocycles. The maximum Gasteiger partial charge on any atom is 0.160 e. The largest absolute Gasteiger partial charge is 0.306 e. The summed E-state index contributed by atoms with van der Waals surface area (Å²) < 4.78 is 0. The molecule has 0 atom stereocenters. The molecule has 0 unspecified atom stereocenters. The van der Waals surface area contributed by atoms with E-state index in [1.54, 1.807) is 6.20 Å². The molecule has 0 fully saturated rings. The summed E-state index contributed by atoms with van der Waals surface area (Å²) in [5.74, 6) is 0. The molecule has 3 aromatic rings. The number of aromatic nitrogens is 4. The van der Waals surface area contributed by atoms with E-state index in [4.69, 9.17) is 0 Å². The molecule has 2 N–H and O–H groups in total. The lowest BCUT2D eigenvalue weighted by Gasteiger charge is -1.87. The Bertz CT molecular complexity index is 443. The van der Waals surface area contributed by atoms with Crippen LogP contribution in [0.15, 0.2) is 24.5 Å². The molecule has 0 aliphatic rings. The van der Waals surface area contributed by atoms with E-state index >= 15 is 0 Å². The highest BCUT2D eigenvalue weighted by molar-refractivity contribution is 5.88. The molecule has 0 aliphatic carbocycles. The molecule has 0 aromatic carbocycles. The Kier molecular flexibility index (Phi) is 0.889. The number of hydrogen-bond donors (Lipinski definition) is 2. The van der Waals surface area contributed by atoms with Gasteiger partial charge < -0.3 is 5.10 Å². The summed E-state index contributed by atoms with van der Waals surface area (Å²) in [6, 6.07) is 3.98. The number of aromatic amines is 2. The van der Waals surface area contributed by atoms with Gasteiger partial charge in [-0.2, -0.15) is 0 Å². The van der Waals surface area contributed by atoms with Crippen LogP contribution in [0.5, 0.6) is 0 Å². The Hall–Kier alpha value is -1.84. The Labute approximate surface area is 67.6 Å². The first kappa shape index (κ1) is 5.77. The predicted octanol–water partition coefficient (Wildman–Crippen LogP) is 1.44. The van der Waals surface area contributed by atoms with Gasteiger partial charge in [-0.15, -0.1) is 0 Å². The van der Waals surface area contributed by atoms with Crippen LogP contribution in [-0.2, 0) is 0 Å². The van der Waals surface area contributed by atoms with Gasteiger partial charge in [0.1, 0.15) is 5.52 Å². The van der Waals surface area contributed by atoms with Crippen molar-refractivity contribution in [3.8, 4) is 0 Å². The third-order valence-corrected chi connectivity index (χ3v) is 1.93. The summed E-state index contributed by atoms with van der Waals surface area (Å²) in [7, 11) is 0. The van der Waals surface area contributed by atoms with Gasteiger partial charge in [0.25, 0.3) is 0 Å². The van der Waals surface area contributed by atoms with Crippen LogP contribution in [0.4, 0.5) is 0 Å². The highest BCUT2D eigenvalue weighted by Crippen LogP contribution is 2.15. The molecule has 0 bridgehead atoms. The second kappa shape index (κ2) is 1.85. The van der Waals surface area contributed by atoms with Crippen molar-refractivity contribution in [3.63, 3.8) is 0 Å². The van der Waals surface area contributed by atoms with Gasteiger partial charge >= 0.3 is 0 Å². The lowest BCUT2D eigenvalue weighted by molar-refractivity contribution is 1.12. The van der Waals surface area contributed by atoms with E-state index in [9.17, 15) is 0 Å². The summed E-state index contributed by atoms with van der Waals surface area (Å²) in [4.78, 5) is 8.43. The van der Waals surface area contributed by atoms with Crippen LogP contribution in [0.25, 0.3) is 22.1 Å². The number of H-pyrrole nitrogens is 2. The first-order valence-corrected chi connectivity index (χ1v) is 3.71. The van der Waals surface area contributed by atoms with Crippen molar-refractivity contribution >= 4 is 22.1 Å². The van der Waals surface area contributed by atoms with Crippen LogP contribution in [0.1, 0.15) is 0 Å². The second-order valence-corrected chi connectivity index (χ2v) is 2.69. The number of fused-ring (bicyclic) bond motifs is 2. The van der Waals surface area contributed by atoms with Gasteiger partial charge in [-0.25, -0.2) is 9.97 Å². The summed E-state index contributed by atoms with van der Waals surface area (Å²) in [5, 5.41) is 6.94. The first-order valence-electron chi connectivity index (χ1n) is 3.71. The SMILES string of the molecule is c1cc2cc3[nH][nH]cc3nc2n1. The van der Waals surface area contributed by atoms with E-state index in [-0.39, 0.29) is 0 Å². The highest BCUT2D eigenvalue weighted by Gasteiger charge is 2.00. The van der Waals surface area contributed by atoms with Crippen LogP contribution in [0.2, 0.25) is 0 Å². The molecule has 0 saturated carbocycles. The Balaban J connectivity index is 2.62. The number of hydrogen-bond acceptors (Lipinski definition) is 2. The van der Waals surface area contributed by atoms with Gasteiger partial charge in [0.2, 0.25) is 0 Å². The minimum Gasteiger partial charge on any atom is -0.306 e.